The van der Waals surface area contributed by atoms with Gasteiger partial charge in [-0.2, -0.15) is 5.10 Å². The molecule has 0 aliphatic carbocycles. The summed E-state index contributed by atoms with van der Waals surface area (Å²) in [5, 5.41) is 9.56. The molecule has 9 heteroatoms. The van der Waals surface area contributed by atoms with E-state index in [0.717, 1.165) is 0 Å². The second-order valence-electron chi connectivity index (χ2n) is 4.16. The topological polar surface area (TPSA) is 105 Å². The molecule has 0 saturated carbocycles. The van der Waals surface area contributed by atoms with Crippen molar-refractivity contribution in [1.82, 2.24) is 20.2 Å². The fraction of sp³-hybridized carbons (Fsp3) is 0.727. The number of hydrogen-bond donors (Lipinski definition) is 3. The number of aromatic amines is 1. The van der Waals surface area contributed by atoms with Gasteiger partial charge in [-0.3, -0.25) is 5.10 Å². The van der Waals surface area contributed by atoms with Gasteiger partial charge < -0.3 is 14.8 Å². The highest BCUT2D eigenvalue weighted by Crippen LogP contribution is 2.16. The van der Waals surface area contributed by atoms with Crippen LogP contribution in [0.15, 0.2) is 4.90 Å². The van der Waals surface area contributed by atoms with E-state index in [1.165, 1.54) is 0 Å². The average molecular weight is 306 g/mol. The van der Waals surface area contributed by atoms with Gasteiger partial charge in [-0.15, -0.1) is 0 Å². The first-order valence-electron chi connectivity index (χ1n) is 6.27. The SMILES string of the molecule is CNCc1n[nH]c(C)c1S(=O)(=O)NCCOCCOC. The van der Waals surface area contributed by atoms with E-state index in [0.29, 0.717) is 37.8 Å². The molecule has 1 aromatic heterocycles. The summed E-state index contributed by atoms with van der Waals surface area (Å²) in [6.45, 7) is 3.48. The van der Waals surface area contributed by atoms with Crippen LogP contribution in [-0.2, 0) is 26.0 Å². The van der Waals surface area contributed by atoms with Crippen molar-refractivity contribution in [3.63, 3.8) is 0 Å². The summed E-state index contributed by atoms with van der Waals surface area (Å²) in [6.07, 6.45) is 0. The predicted octanol–water partition coefficient (Wildman–Crippen LogP) is -0.621. The molecule has 116 valence electrons. The Bertz CT molecular complexity index is 501. The van der Waals surface area contributed by atoms with E-state index in [1.54, 1.807) is 21.1 Å². The molecule has 3 N–H and O–H groups in total. The summed E-state index contributed by atoms with van der Waals surface area (Å²) in [4.78, 5) is 0.198. The number of nitrogens with one attached hydrogen (secondary N) is 3. The summed E-state index contributed by atoms with van der Waals surface area (Å²) in [7, 11) is -0.274. The monoisotopic (exact) mass is 306 g/mol. The molecule has 20 heavy (non-hydrogen) atoms. The van der Waals surface area contributed by atoms with Gasteiger partial charge in [0.2, 0.25) is 10.0 Å². The smallest absolute Gasteiger partial charge is 0.244 e. The summed E-state index contributed by atoms with van der Waals surface area (Å²) in [5.41, 5.74) is 0.987. The summed E-state index contributed by atoms with van der Waals surface area (Å²) in [5.74, 6) is 0. The molecule has 1 heterocycles. The zero-order valence-electron chi connectivity index (χ0n) is 12.0. The molecular weight excluding hydrogens is 284 g/mol. The first kappa shape index (κ1) is 17.1. The third-order valence-electron chi connectivity index (χ3n) is 2.54. The van der Waals surface area contributed by atoms with Crippen LogP contribution in [0.2, 0.25) is 0 Å². The molecule has 0 aliphatic heterocycles. The molecular formula is C11H22N4O4S. The summed E-state index contributed by atoms with van der Waals surface area (Å²) >= 11 is 0. The quantitative estimate of drug-likeness (QED) is 0.498. The first-order valence-corrected chi connectivity index (χ1v) is 7.76. The molecule has 8 nitrogen and oxygen atoms in total. The Morgan fingerprint density at radius 2 is 2.05 bits per heavy atom. The lowest BCUT2D eigenvalue weighted by molar-refractivity contribution is 0.0736. The molecule has 0 fully saturated rings. The lowest BCUT2D eigenvalue weighted by atomic mass is 10.4. The number of H-pyrrole nitrogens is 1. The Hall–Kier alpha value is -1.00. The summed E-state index contributed by atoms with van der Waals surface area (Å²) < 4.78 is 37.0. The van der Waals surface area contributed by atoms with E-state index in [9.17, 15) is 8.42 Å². The Balaban J connectivity index is 2.58. The highest BCUT2D eigenvalue weighted by atomic mass is 32.2. The molecule has 0 amide bonds. The lowest BCUT2D eigenvalue weighted by Crippen LogP contribution is -2.29. The van der Waals surface area contributed by atoms with Crippen molar-refractivity contribution in [3.8, 4) is 0 Å². The van der Waals surface area contributed by atoms with Gasteiger partial charge in [0, 0.05) is 20.2 Å². The third-order valence-corrected chi connectivity index (χ3v) is 4.21. The largest absolute Gasteiger partial charge is 0.382 e. The van der Waals surface area contributed by atoms with Gasteiger partial charge in [-0.05, 0) is 14.0 Å². The van der Waals surface area contributed by atoms with Crippen LogP contribution in [0.25, 0.3) is 0 Å². The van der Waals surface area contributed by atoms with Crippen LogP contribution in [0.3, 0.4) is 0 Å². The zero-order valence-corrected chi connectivity index (χ0v) is 12.8. The minimum atomic E-state index is -3.59. The highest BCUT2D eigenvalue weighted by molar-refractivity contribution is 7.89. The molecule has 0 radical (unpaired) electrons. The molecule has 0 saturated heterocycles. The fourth-order valence-electron chi connectivity index (χ4n) is 1.68. The van der Waals surface area contributed by atoms with Crippen LogP contribution in [0.5, 0.6) is 0 Å². The van der Waals surface area contributed by atoms with Gasteiger partial charge in [0.15, 0.2) is 0 Å². The van der Waals surface area contributed by atoms with Crippen molar-refractivity contribution >= 4 is 10.0 Å². The van der Waals surface area contributed by atoms with Crippen LogP contribution in [0, 0.1) is 6.92 Å². The first-order chi connectivity index (χ1) is 9.53. The number of nitrogens with zero attached hydrogens (tertiary/aromatic N) is 1. The van der Waals surface area contributed by atoms with Crippen molar-refractivity contribution in [2.45, 2.75) is 18.4 Å². The number of aromatic nitrogens is 2. The molecule has 0 unspecified atom stereocenters. The highest BCUT2D eigenvalue weighted by Gasteiger charge is 2.23. The maximum Gasteiger partial charge on any atom is 0.244 e. The van der Waals surface area contributed by atoms with Crippen LogP contribution < -0.4 is 10.0 Å². The Kier molecular flexibility index (Phi) is 7.10. The maximum absolute atomic E-state index is 12.2. The standard InChI is InChI=1S/C11H22N4O4S/c1-9-11(10(8-12-2)15-14-9)20(16,17)13-4-5-19-7-6-18-3/h12-13H,4-8H2,1-3H3,(H,14,15). The second-order valence-corrected chi connectivity index (χ2v) is 5.86. The van der Waals surface area contributed by atoms with E-state index in [1.807, 2.05) is 0 Å². The maximum atomic E-state index is 12.2. The van der Waals surface area contributed by atoms with Crippen LogP contribution in [-0.4, -0.2) is 59.1 Å². The molecule has 1 rings (SSSR count). The Labute approximate surface area is 119 Å². The predicted molar refractivity (Wildman–Crippen MR) is 74.0 cm³/mol. The van der Waals surface area contributed by atoms with Gasteiger partial charge in [0.1, 0.15) is 4.90 Å². The fourth-order valence-corrected chi connectivity index (χ4v) is 3.05. The molecule has 0 spiro atoms. The van der Waals surface area contributed by atoms with Crippen molar-refractivity contribution in [2.75, 3.05) is 40.5 Å². The molecule has 1 aromatic rings. The second kappa shape index (κ2) is 8.32. The number of aryl methyl sites for hydroxylation is 1. The average Bonchev–Trinajstić information content (AvgIpc) is 2.76. The summed E-state index contributed by atoms with van der Waals surface area (Å²) in [6, 6.07) is 0. The Morgan fingerprint density at radius 3 is 2.70 bits per heavy atom. The number of ether oxygens (including phenoxy) is 2. The lowest BCUT2D eigenvalue weighted by Gasteiger charge is -2.08. The van der Waals surface area contributed by atoms with Gasteiger partial charge in [-0.25, -0.2) is 13.1 Å². The molecule has 0 bridgehead atoms. The molecule has 0 atom stereocenters. The molecule has 0 aromatic carbocycles. The van der Waals surface area contributed by atoms with Crippen LogP contribution in [0.4, 0.5) is 0 Å². The number of sulfonamides is 1. The van der Waals surface area contributed by atoms with Crippen molar-refractivity contribution in [1.29, 1.82) is 0 Å². The van der Waals surface area contributed by atoms with Gasteiger partial charge in [0.05, 0.1) is 31.2 Å². The van der Waals surface area contributed by atoms with Crippen molar-refractivity contribution in [3.05, 3.63) is 11.4 Å². The van der Waals surface area contributed by atoms with E-state index in [4.69, 9.17) is 9.47 Å². The van der Waals surface area contributed by atoms with Gasteiger partial charge in [-0.1, -0.05) is 0 Å². The minimum Gasteiger partial charge on any atom is -0.382 e. The minimum absolute atomic E-state index is 0.198. The Morgan fingerprint density at radius 1 is 1.30 bits per heavy atom. The van der Waals surface area contributed by atoms with Crippen LogP contribution >= 0.6 is 0 Å². The van der Waals surface area contributed by atoms with Crippen molar-refractivity contribution < 1.29 is 17.9 Å². The van der Waals surface area contributed by atoms with E-state index in [-0.39, 0.29) is 11.4 Å². The van der Waals surface area contributed by atoms with E-state index >= 15 is 0 Å². The number of rotatable bonds is 10. The van der Waals surface area contributed by atoms with E-state index < -0.39 is 10.0 Å². The number of methoxy groups -OCH3 is 1. The van der Waals surface area contributed by atoms with Crippen LogP contribution in [0.1, 0.15) is 11.4 Å². The zero-order chi connectivity index (χ0) is 15.0. The third kappa shape index (κ3) is 4.84. The van der Waals surface area contributed by atoms with Crippen molar-refractivity contribution in [2.24, 2.45) is 0 Å². The number of hydrogen-bond acceptors (Lipinski definition) is 6. The van der Waals surface area contributed by atoms with Gasteiger partial charge >= 0.3 is 0 Å². The van der Waals surface area contributed by atoms with Gasteiger partial charge in [0.25, 0.3) is 0 Å². The normalized spacial score (nSPS) is 11.9. The molecule has 0 aliphatic rings. The van der Waals surface area contributed by atoms with E-state index in [2.05, 4.69) is 20.2 Å².